The number of hydrogen-bond donors (Lipinski definition) is 1. The van der Waals surface area contributed by atoms with Crippen LogP contribution in [0.2, 0.25) is 0 Å². The van der Waals surface area contributed by atoms with Gasteiger partial charge < -0.3 is 10.1 Å². The molecule has 0 aliphatic carbocycles. The van der Waals surface area contributed by atoms with Crippen LogP contribution in [0.25, 0.3) is 5.65 Å². The van der Waals surface area contributed by atoms with Crippen molar-refractivity contribution >= 4 is 5.65 Å². The number of nitrogens with zero attached hydrogens (tertiary/aromatic N) is 3. The van der Waals surface area contributed by atoms with Gasteiger partial charge in [0.25, 0.3) is 0 Å². The molecule has 0 radical (unpaired) electrons. The second-order valence-electron chi connectivity index (χ2n) is 4.03. The third kappa shape index (κ3) is 2.96. The first kappa shape index (κ1) is 12.8. The second kappa shape index (κ2) is 6.32. The van der Waals surface area contributed by atoms with E-state index in [2.05, 4.69) is 10.4 Å². The summed E-state index contributed by atoms with van der Waals surface area (Å²) in [5, 5.41) is 7.50. The van der Waals surface area contributed by atoms with Crippen LogP contribution in [0.1, 0.15) is 6.42 Å². The highest BCUT2D eigenvalue weighted by atomic mass is 16.5. The second-order valence-corrected chi connectivity index (χ2v) is 4.03. The Morgan fingerprint density at radius 3 is 3.06 bits per heavy atom. The maximum atomic E-state index is 11.9. The highest BCUT2D eigenvalue weighted by Gasteiger charge is 2.04. The number of rotatable bonds is 7. The zero-order valence-electron chi connectivity index (χ0n) is 10.5. The molecule has 0 amide bonds. The molecular weight excluding hydrogens is 232 g/mol. The van der Waals surface area contributed by atoms with Crippen LogP contribution in [0.5, 0.6) is 0 Å². The predicted molar refractivity (Wildman–Crippen MR) is 68.8 cm³/mol. The Hall–Kier alpha value is -1.66. The molecule has 0 aliphatic heterocycles. The lowest BCUT2D eigenvalue weighted by atomic mass is 10.4. The molecule has 0 saturated heterocycles. The van der Waals surface area contributed by atoms with Crippen molar-refractivity contribution in [3.8, 4) is 0 Å². The van der Waals surface area contributed by atoms with E-state index in [-0.39, 0.29) is 5.69 Å². The summed E-state index contributed by atoms with van der Waals surface area (Å²) in [6.45, 7) is 2.94. The van der Waals surface area contributed by atoms with Crippen molar-refractivity contribution in [3.63, 3.8) is 0 Å². The predicted octanol–water partition coefficient (Wildman–Crippen LogP) is 0.122. The van der Waals surface area contributed by atoms with Gasteiger partial charge in [0.1, 0.15) is 0 Å². The third-order valence-corrected chi connectivity index (χ3v) is 2.69. The van der Waals surface area contributed by atoms with Crippen LogP contribution in [-0.4, -0.2) is 41.0 Å². The van der Waals surface area contributed by atoms with Gasteiger partial charge in [-0.15, -0.1) is 5.10 Å². The number of aromatic nitrogens is 3. The van der Waals surface area contributed by atoms with Crippen molar-refractivity contribution < 1.29 is 4.74 Å². The van der Waals surface area contributed by atoms with Gasteiger partial charge in [-0.3, -0.25) is 4.40 Å². The molecule has 18 heavy (non-hydrogen) atoms. The van der Waals surface area contributed by atoms with E-state index >= 15 is 0 Å². The third-order valence-electron chi connectivity index (χ3n) is 2.69. The normalized spacial score (nSPS) is 11.2. The lowest BCUT2D eigenvalue weighted by Gasteiger charge is -2.03. The minimum atomic E-state index is -0.0932. The van der Waals surface area contributed by atoms with E-state index in [1.807, 2.05) is 18.2 Å². The van der Waals surface area contributed by atoms with Crippen molar-refractivity contribution in [3.05, 3.63) is 34.9 Å². The Bertz CT molecular complexity index is 546. The quantitative estimate of drug-likeness (QED) is 0.709. The molecule has 1 N–H and O–H groups in total. The summed E-state index contributed by atoms with van der Waals surface area (Å²) in [5.74, 6) is 0. The van der Waals surface area contributed by atoms with Gasteiger partial charge in [-0.1, -0.05) is 6.07 Å². The fourth-order valence-electron chi connectivity index (χ4n) is 1.77. The Kier molecular flexibility index (Phi) is 4.49. The van der Waals surface area contributed by atoms with Gasteiger partial charge in [0, 0.05) is 26.5 Å². The van der Waals surface area contributed by atoms with Crippen molar-refractivity contribution in [1.82, 2.24) is 19.5 Å². The average molecular weight is 250 g/mol. The lowest BCUT2D eigenvalue weighted by molar-refractivity contribution is 0.194. The Morgan fingerprint density at radius 1 is 1.39 bits per heavy atom. The van der Waals surface area contributed by atoms with Crippen LogP contribution in [0.4, 0.5) is 0 Å². The number of fused-ring (bicyclic) bond motifs is 1. The molecule has 2 aromatic heterocycles. The van der Waals surface area contributed by atoms with Crippen LogP contribution in [-0.2, 0) is 11.3 Å². The average Bonchev–Trinajstić information content (AvgIpc) is 2.71. The van der Waals surface area contributed by atoms with Gasteiger partial charge in [0.05, 0.1) is 6.54 Å². The van der Waals surface area contributed by atoms with E-state index < -0.39 is 0 Å². The van der Waals surface area contributed by atoms with Gasteiger partial charge in [0.15, 0.2) is 5.65 Å². The zero-order chi connectivity index (χ0) is 12.8. The van der Waals surface area contributed by atoms with Crippen LogP contribution in [0, 0.1) is 0 Å². The molecule has 0 bridgehead atoms. The first-order chi connectivity index (χ1) is 8.83. The monoisotopic (exact) mass is 250 g/mol. The van der Waals surface area contributed by atoms with E-state index in [1.54, 1.807) is 17.7 Å². The molecule has 0 saturated carbocycles. The summed E-state index contributed by atoms with van der Waals surface area (Å²) in [6, 6.07) is 5.52. The molecular formula is C12H18N4O2. The number of methoxy groups -OCH3 is 1. The number of pyridine rings is 1. The summed E-state index contributed by atoms with van der Waals surface area (Å²) >= 11 is 0. The minimum Gasteiger partial charge on any atom is -0.385 e. The maximum absolute atomic E-state index is 11.9. The Balaban J connectivity index is 1.88. The van der Waals surface area contributed by atoms with Gasteiger partial charge in [0.2, 0.25) is 0 Å². The number of hydrogen-bond acceptors (Lipinski definition) is 4. The number of ether oxygens (including phenoxy) is 1. The molecule has 0 fully saturated rings. The van der Waals surface area contributed by atoms with Gasteiger partial charge in [-0.2, -0.15) is 0 Å². The van der Waals surface area contributed by atoms with E-state index in [4.69, 9.17) is 4.74 Å². The van der Waals surface area contributed by atoms with Gasteiger partial charge in [-0.25, -0.2) is 9.48 Å². The van der Waals surface area contributed by atoms with E-state index in [0.29, 0.717) is 12.2 Å². The molecule has 98 valence electrons. The summed E-state index contributed by atoms with van der Waals surface area (Å²) in [5.41, 5.74) is 0.589. The Morgan fingerprint density at radius 2 is 2.28 bits per heavy atom. The van der Waals surface area contributed by atoms with Gasteiger partial charge in [-0.05, 0) is 25.1 Å². The van der Waals surface area contributed by atoms with E-state index in [1.165, 1.54) is 4.68 Å². The maximum Gasteiger partial charge on any atom is 0.350 e. The fraction of sp³-hybridized carbons (Fsp3) is 0.500. The molecule has 2 rings (SSSR count). The molecule has 0 atom stereocenters. The van der Waals surface area contributed by atoms with E-state index in [0.717, 1.165) is 26.1 Å². The first-order valence-electron chi connectivity index (χ1n) is 6.07. The summed E-state index contributed by atoms with van der Waals surface area (Å²) < 4.78 is 7.99. The summed E-state index contributed by atoms with van der Waals surface area (Å²) in [4.78, 5) is 11.9. The van der Waals surface area contributed by atoms with Crippen molar-refractivity contribution in [2.45, 2.75) is 13.0 Å². The molecule has 0 spiro atoms. The largest absolute Gasteiger partial charge is 0.385 e. The van der Waals surface area contributed by atoms with Crippen molar-refractivity contribution in [2.75, 3.05) is 26.8 Å². The molecule has 2 aromatic rings. The summed E-state index contributed by atoms with van der Waals surface area (Å²) in [7, 11) is 1.69. The lowest BCUT2D eigenvalue weighted by Crippen LogP contribution is -2.28. The number of nitrogens with one attached hydrogen (secondary N) is 1. The standard InChI is InChI=1S/C12H18N4O2/c1-18-10-4-6-13-7-9-16-12(17)15-8-3-2-5-11(15)14-16/h2-3,5,8,13H,4,6-7,9-10H2,1H3. The SMILES string of the molecule is COCCCNCCn1nc2ccccn2c1=O. The smallest absolute Gasteiger partial charge is 0.350 e. The summed E-state index contributed by atoms with van der Waals surface area (Å²) in [6.07, 6.45) is 2.70. The van der Waals surface area contributed by atoms with Crippen LogP contribution < -0.4 is 11.0 Å². The van der Waals surface area contributed by atoms with Crippen LogP contribution in [0.3, 0.4) is 0 Å². The fourth-order valence-corrected chi connectivity index (χ4v) is 1.77. The van der Waals surface area contributed by atoms with Gasteiger partial charge >= 0.3 is 5.69 Å². The molecule has 0 aromatic carbocycles. The first-order valence-corrected chi connectivity index (χ1v) is 6.07. The minimum absolute atomic E-state index is 0.0932. The van der Waals surface area contributed by atoms with E-state index in [9.17, 15) is 4.79 Å². The highest BCUT2D eigenvalue weighted by Crippen LogP contribution is 1.94. The molecule has 0 aliphatic rings. The zero-order valence-corrected chi connectivity index (χ0v) is 10.5. The Labute approximate surface area is 105 Å². The van der Waals surface area contributed by atoms with Crippen LogP contribution >= 0.6 is 0 Å². The molecule has 6 heteroatoms. The molecule has 0 unspecified atom stereocenters. The van der Waals surface area contributed by atoms with Crippen molar-refractivity contribution in [2.24, 2.45) is 0 Å². The topological polar surface area (TPSA) is 60.6 Å². The highest BCUT2D eigenvalue weighted by molar-refractivity contribution is 5.35. The molecule has 6 nitrogen and oxygen atoms in total. The van der Waals surface area contributed by atoms with Crippen molar-refractivity contribution in [1.29, 1.82) is 0 Å². The molecule has 2 heterocycles. The van der Waals surface area contributed by atoms with Crippen LogP contribution in [0.15, 0.2) is 29.2 Å².